The predicted molar refractivity (Wildman–Crippen MR) is 83.9 cm³/mol. The molecule has 1 atom stereocenters. The summed E-state index contributed by atoms with van der Waals surface area (Å²) in [5, 5.41) is 4.84. The summed E-state index contributed by atoms with van der Waals surface area (Å²) in [6, 6.07) is 0.640. The molecule has 1 heterocycles. The number of nitrogens with one attached hydrogen (secondary N) is 1. The molecule has 1 aliphatic rings. The molecule has 1 aromatic heterocycles. The van der Waals surface area contributed by atoms with E-state index in [4.69, 9.17) is 0 Å². The summed E-state index contributed by atoms with van der Waals surface area (Å²) >= 11 is 1.83. The Bertz CT molecular complexity index is 367. The fourth-order valence-electron chi connectivity index (χ4n) is 2.90. The van der Waals surface area contributed by atoms with Gasteiger partial charge in [-0.25, -0.2) is 4.98 Å². The molecule has 19 heavy (non-hydrogen) atoms. The third kappa shape index (κ3) is 3.93. The van der Waals surface area contributed by atoms with Crippen molar-refractivity contribution in [3.8, 4) is 0 Å². The van der Waals surface area contributed by atoms with Gasteiger partial charge in [-0.15, -0.1) is 11.3 Å². The smallest absolute Gasteiger partial charge is 0.185 e. The lowest BCUT2D eigenvalue weighted by Crippen LogP contribution is -2.31. The fourth-order valence-corrected chi connectivity index (χ4v) is 3.89. The molecule has 1 aromatic rings. The maximum absolute atomic E-state index is 4.54. The zero-order valence-electron chi connectivity index (χ0n) is 12.5. The van der Waals surface area contributed by atoms with Gasteiger partial charge in [0.15, 0.2) is 5.13 Å². The van der Waals surface area contributed by atoms with Crippen LogP contribution in [0.4, 0.5) is 5.13 Å². The zero-order chi connectivity index (χ0) is 13.7. The second-order valence-corrected chi connectivity index (χ2v) is 6.59. The Morgan fingerprint density at radius 1 is 1.37 bits per heavy atom. The maximum atomic E-state index is 4.54. The summed E-state index contributed by atoms with van der Waals surface area (Å²) in [6.07, 6.45) is 7.68. The molecule has 0 saturated heterocycles. The predicted octanol–water partition coefficient (Wildman–Crippen LogP) is 3.66. The summed E-state index contributed by atoms with van der Waals surface area (Å²) in [5.41, 5.74) is 0. The van der Waals surface area contributed by atoms with Gasteiger partial charge in [-0.3, -0.25) is 0 Å². The molecule has 1 aliphatic carbocycles. The Morgan fingerprint density at radius 2 is 2.05 bits per heavy atom. The molecule has 0 spiro atoms. The van der Waals surface area contributed by atoms with Crippen molar-refractivity contribution in [3.05, 3.63) is 11.1 Å². The van der Waals surface area contributed by atoms with E-state index in [1.807, 2.05) is 17.5 Å². The minimum Gasteiger partial charge on any atom is -0.349 e. The first kappa shape index (κ1) is 14.8. The Morgan fingerprint density at radius 3 is 2.68 bits per heavy atom. The van der Waals surface area contributed by atoms with E-state index in [0.717, 1.165) is 30.7 Å². The molecule has 2 rings (SSSR count). The number of rotatable bonds is 7. The number of hydrogen-bond donors (Lipinski definition) is 1. The first-order chi connectivity index (χ1) is 9.24. The third-order valence-electron chi connectivity index (χ3n) is 4.28. The number of thiazole rings is 1. The molecule has 0 bridgehead atoms. The SMILES string of the molecule is CCN(CC)c1ncc(CNC(C)C2CCCC2)s1. The summed E-state index contributed by atoms with van der Waals surface area (Å²) < 4.78 is 0. The van der Waals surface area contributed by atoms with Crippen molar-refractivity contribution in [3.63, 3.8) is 0 Å². The van der Waals surface area contributed by atoms with Gasteiger partial charge in [0.2, 0.25) is 0 Å². The monoisotopic (exact) mass is 281 g/mol. The molecular formula is C15H27N3S. The number of nitrogens with zero attached hydrogens (tertiary/aromatic N) is 2. The summed E-state index contributed by atoms with van der Waals surface area (Å²) in [6.45, 7) is 9.75. The van der Waals surface area contributed by atoms with Crippen LogP contribution < -0.4 is 10.2 Å². The van der Waals surface area contributed by atoms with Crippen molar-refractivity contribution >= 4 is 16.5 Å². The van der Waals surface area contributed by atoms with Crippen LogP contribution in [0.3, 0.4) is 0 Å². The lowest BCUT2D eigenvalue weighted by molar-refractivity contribution is 0.381. The second-order valence-electron chi connectivity index (χ2n) is 5.50. The Kier molecular flexibility index (Phi) is 5.64. The van der Waals surface area contributed by atoms with Crippen LogP contribution in [0, 0.1) is 5.92 Å². The van der Waals surface area contributed by atoms with Crippen LogP contribution >= 0.6 is 11.3 Å². The molecule has 0 radical (unpaired) electrons. The number of aromatic nitrogens is 1. The zero-order valence-corrected chi connectivity index (χ0v) is 13.3. The van der Waals surface area contributed by atoms with Crippen molar-refractivity contribution in [1.82, 2.24) is 10.3 Å². The standard InChI is InChI=1S/C15H27N3S/c1-4-18(5-2)15-17-11-14(19-15)10-16-12(3)13-8-6-7-9-13/h11-13,16H,4-10H2,1-3H3. The summed E-state index contributed by atoms with van der Waals surface area (Å²) in [5.74, 6) is 0.884. The van der Waals surface area contributed by atoms with Crippen molar-refractivity contribution in [2.75, 3.05) is 18.0 Å². The highest BCUT2D eigenvalue weighted by atomic mass is 32.1. The van der Waals surface area contributed by atoms with E-state index >= 15 is 0 Å². The largest absolute Gasteiger partial charge is 0.349 e. The molecular weight excluding hydrogens is 254 g/mol. The van der Waals surface area contributed by atoms with Gasteiger partial charge in [0.25, 0.3) is 0 Å². The lowest BCUT2D eigenvalue weighted by Gasteiger charge is -2.20. The average molecular weight is 281 g/mol. The van der Waals surface area contributed by atoms with Gasteiger partial charge in [0, 0.05) is 36.8 Å². The molecule has 1 saturated carbocycles. The van der Waals surface area contributed by atoms with Gasteiger partial charge in [0.1, 0.15) is 0 Å². The average Bonchev–Trinajstić information content (AvgIpc) is 3.09. The van der Waals surface area contributed by atoms with Crippen LogP contribution in [0.15, 0.2) is 6.20 Å². The van der Waals surface area contributed by atoms with Crippen LogP contribution in [0.25, 0.3) is 0 Å². The van der Waals surface area contributed by atoms with Crippen LogP contribution in [-0.2, 0) is 6.54 Å². The fraction of sp³-hybridized carbons (Fsp3) is 0.800. The molecule has 0 amide bonds. The van der Waals surface area contributed by atoms with Gasteiger partial charge >= 0.3 is 0 Å². The molecule has 0 aliphatic heterocycles. The van der Waals surface area contributed by atoms with Crippen LogP contribution in [0.1, 0.15) is 51.3 Å². The first-order valence-corrected chi connectivity index (χ1v) is 8.49. The topological polar surface area (TPSA) is 28.2 Å². The minimum atomic E-state index is 0.640. The highest BCUT2D eigenvalue weighted by Gasteiger charge is 2.21. The Labute approximate surface area is 121 Å². The molecule has 1 N–H and O–H groups in total. The normalized spacial score (nSPS) is 17.8. The van der Waals surface area contributed by atoms with Crippen LogP contribution in [0.2, 0.25) is 0 Å². The van der Waals surface area contributed by atoms with Gasteiger partial charge in [-0.05, 0) is 39.5 Å². The molecule has 1 unspecified atom stereocenters. The van der Waals surface area contributed by atoms with Crippen molar-refractivity contribution in [1.29, 1.82) is 0 Å². The second kappa shape index (κ2) is 7.25. The van der Waals surface area contributed by atoms with Crippen molar-refractivity contribution in [2.24, 2.45) is 5.92 Å². The molecule has 108 valence electrons. The summed E-state index contributed by atoms with van der Waals surface area (Å²) in [7, 11) is 0. The van der Waals surface area contributed by atoms with E-state index < -0.39 is 0 Å². The van der Waals surface area contributed by atoms with E-state index in [1.54, 1.807) is 0 Å². The van der Waals surface area contributed by atoms with Crippen LogP contribution in [0.5, 0.6) is 0 Å². The first-order valence-electron chi connectivity index (χ1n) is 7.67. The van der Waals surface area contributed by atoms with Crippen molar-refractivity contribution in [2.45, 2.75) is 59.0 Å². The van der Waals surface area contributed by atoms with E-state index in [-0.39, 0.29) is 0 Å². The highest BCUT2D eigenvalue weighted by Crippen LogP contribution is 2.28. The molecule has 3 nitrogen and oxygen atoms in total. The van der Waals surface area contributed by atoms with Gasteiger partial charge < -0.3 is 10.2 Å². The third-order valence-corrected chi connectivity index (χ3v) is 5.34. The van der Waals surface area contributed by atoms with E-state index in [0.29, 0.717) is 6.04 Å². The van der Waals surface area contributed by atoms with E-state index in [2.05, 4.69) is 36.0 Å². The Hall–Kier alpha value is -0.610. The molecule has 1 fully saturated rings. The van der Waals surface area contributed by atoms with Gasteiger partial charge in [-0.2, -0.15) is 0 Å². The minimum absolute atomic E-state index is 0.640. The summed E-state index contributed by atoms with van der Waals surface area (Å²) in [4.78, 5) is 8.21. The quantitative estimate of drug-likeness (QED) is 0.827. The maximum Gasteiger partial charge on any atom is 0.185 e. The van der Waals surface area contributed by atoms with E-state index in [1.165, 1.54) is 30.6 Å². The van der Waals surface area contributed by atoms with Gasteiger partial charge in [-0.1, -0.05) is 12.8 Å². The lowest BCUT2D eigenvalue weighted by atomic mass is 10.00. The van der Waals surface area contributed by atoms with Gasteiger partial charge in [0.05, 0.1) is 0 Å². The van der Waals surface area contributed by atoms with Crippen LogP contribution in [-0.4, -0.2) is 24.1 Å². The Balaban J connectivity index is 1.82. The van der Waals surface area contributed by atoms with Crippen molar-refractivity contribution < 1.29 is 0 Å². The number of hydrogen-bond acceptors (Lipinski definition) is 4. The molecule has 0 aromatic carbocycles. The van der Waals surface area contributed by atoms with E-state index in [9.17, 15) is 0 Å². The highest BCUT2D eigenvalue weighted by molar-refractivity contribution is 7.15. The molecule has 4 heteroatoms. The number of anilines is 1.